The molecule has 1 aromatic carbocycles. The second kappa shape index (κ2) is 9.85. The molecule has 0 saturated heterocycles. The molecule has 1 aliphatic rings. The number of nitrogens with one attached hydrogen (secondary N) is 3. The summed E-state index contributed by atoms with van der Waals surface area (Å²) >= 11 is 3.48. The van der Waals surface area contributed by atoms with E-state index < -0.39 is 0 Å². The first-order valence-electron chi connectivity index (χ1n) is 11.2. The number of halogens is 1. The predicted molar refractivity (Wildman–Crippen MR) is 131 cm³/mol. The van der Waals surface area contributed by atoms with Gasteiger partial charge in [0.15, 0.2) is 17.0 Å². The molecule has 0 aliphatic heterocycles. The number of imidazole rings is 1. The van der Waals surface area contributed by atoms with Gasteiger partial charge in [-0.25, -0.2) is 4.98 Å². The quantitative estimate of drug-likeness (QED) is 0.438. The monoisotopic (exact) mass is 499 g/mol. The third-order valence-electron chi connectivity index (χ3n) is 5.82. The lowest BCUT2D eigenvalue weighted by molar-refractivity contribution is -0.119. The summed E-state index contributed by atoms with van der Waals surface area (Å²) in [6.07, 6.45) is 5.98. The highest BCUT2D eigenvalue weighted by Crippen LogP contribution is 2.26. The van der Waals surface area contributed by atoms with Gasteiger partial charge in [0.1, 0.15) is 0 Å². The molecule has 8 nitrogen and oxygen atoms in total. The van der Waals surface area contributed by atoms with Gasteiger partial charge in [-0.05, 0) is 44.4 Å². The van der Waals surface area contributed by atoms with Crippen molar-refractivity contribution >= 4 is 44.8 Å². The minimum atomic E-state index is -0.00481. The first kappa shape index (κ1) is 22.5. The van der Waals surface area contributed by atoms with Crippen LogP contribution < -0.4 is 16.0 Å². The Balaban J connectivity index is 1.63. The largest absolute Gasteiger partial charge is 0.364 e. The first-order chi connectivity index (χ1) is 15.4. The topological polar surface area (TPSA) is 96.8 Å². The van der Waals surface area contributed by atoms with Gasteiger partial charge in [-0.2, -0.15) is 9.97 Å². The smallest absolute Gasteiger partial charge is 0.227 e. The third-order valence-corrected chi connectivity index (χ3v) is 6.35. The minimum Gasteiger partial charge on any atom is -0.364 e. The number of hydrogen-bond donors (Lipinski definition) is 3. The molecule has 3 N–H and O–H groups in total. The fourth-order valence-electron chi connectivity index (χ4n) is 4.17. The molecular weight excluding hydrogens is 470 g/mol. The van der Waals surface area contributed by atoms with Gasteiger partial charge in [0.05, 0.1) is 6.33 Å². The number of amides is 1. The molecule has 3 aromatic rings. The lowest BCUT2D eigenvalue weighted by Crippen LogP contribution is -2.48. The van der Waals surface area contributed by atoms with E-state index in [1.807, 2.05) is 18.5 Å². The van der Waals surface area contributed by atoms with Crippen LogP contribution in [-0.2, 0) is 11.3 Å². The van der Waals surface area contributed by atoms with Crippen LogP contribution in [0.5, 0.6) is 0 Å². The number of carbonyl (C=O) groups is 1. The maximum atomic E-state index is 11.7. The van der Waals surface area contributed by atoms with Crippen molar-refractivity contribution in [1.82, 2.24) is 24.8 Å². The van der Waals surface area contributed by atoms with E-state index in [9.17, 15) is 4.79 Å². The molecular formula is C23H30BrN7O. The summed E-state index contributed by atoms with van der Waals surface area (Å²) in [6, 6.07) is 8.60. The SMILES string of the molecule is CC(=O)N[C@H]1CCCC[C@@H]1Nc1nc(NCc2ccc(Br)cc2)c2ncn(C(C)C)c2n1. The normalized spacial score (nSPS) is 18.7. The predicted octanol–water partition coefficient (Wildman–Crippen LogP) is 4.64. The van der Waals surface area contributed by atoms with E-state index in [1.165, 1.54) is 0 Å². The van der Waals surface area contributed by atoms with Gasteiger partial charge in [0.25, 0.3) is 0 Å². The number of nitrogens with zero attached hydrogens (tertiary/aromatic N) is 4. The van der Waals surface area contributed by atoms with E-state index >= 15 is 0 Å². The molecule has 1 saturated carbocycles. The van der Waals surface area contributed by atoms with Crippen molar-refractivity contribution in [3.63, 3.8) is 0 Å². The van der Waals surface area contributed by atoms with Crippen LogP contribution in [0.3, 0.4) is 0 Å². The molecule has 4 rings (SSSR count). The van der Waals surface area contributed by atoms with Crippen molar-refractivity contribution in [1.29, 1.82) is 0 Å². The van der Waals surface area contributed by atoms with Gasteiger partial charge in [-0.3, -0.25) is 4.79 Å². The van der Waals surface area contributed by atoms with E-state index in [0.717, 1.165) is 46.9 Å². The third kappa shape index (κ3) is 5.20. The van der Waals surface area contributed by atoms with Gasteiger partial charge in [-0.1, -0.05) is 40.9 Å². The van der Waals surface area contributed by atoms with E-state index in [4.69, 9.17) is 9.97 Å². The van der Waals surface area contributed by atoms with Crippen LogP contribution in [-0.4, -0.2) is 37.5 Å². The Hall–Kier alpha value is -2.68. The van der Waals surface area contributed by atoms with Crippen LogP contribution in [0, 0.1) is 0 Å². The average Bonchev–Trinajstić information content (AvgIpc) is 3.19. The molecule has 0 spiro atoms. The summed E-state index contributed by atoms with van der Waals surface area (Å²) in [4.78, 5) is 25.9. The van der Waals surface area contributed by atoms with E-state index in [1.54, 1.807) is 6.92 Å². The molecule has 170 valence electrons. The zero-order valence-electron chi connectivity index (χ0n) is 18.7. The number of aromatic nitrogens is 4. The Bertz CT molecular complexity index is 1080. The molecule has 1 amide bonds. The van der Waals surface area contributed by atoms with Crippen LogP contribution in [0.1, 0.15) is 58.1 Å². The van der Waals surface area contributed by atoms with E-state index in [0.29, 0.717) is 18.3 Å². The summed E-state index contributed by atoms with van der Waals surface area (Å²) in [5.74, 6) is 1.25. The van der Waals surface area contributed by atoms with E-state index in [2.05, 4.69) is 67.4 Å². The van der Waals surface area contributed by atoms with Crippen LogP contribution in [0.25, 0.3) is 11.2 Å². The Labute approximate surface area is 196 Å². The lowest BCUT2D eigenvalue weighted by Gasteiger charge is -2.32. The average molecular weight is 500 g/mol. The highest BCUT2D eigenvalue weighted by molar-refractivity contribution is 9.10. The second-order valence-corrected chi connectivity index (χ2v) is 9.55. The molecule has 9 heteroatoms. The summed E-state index contributed by atoms with van der Waals surface area (Å²) in [7, 11) is 0. The lowest BCUT2D eigenvalue weighted by atomic mass is 9.90. The Morgan fingerprint density at radius 3 is 2.56 bits per heavy atom. The van der Waals surface area contributed by atoms with Crippen molar-refractivity contribution < 1.29 is 4.79 Å². The number of hydrogen-bond acceptors (Lipinski definition) is 6. The maximum absolute atomic E-state index is 11.7. The molecule has 1 fully saturated rings. The van der Waals surface area contributed by atoms with Crippen molar-refractivity contribution in [3.8, 4) is 0 Å². The van der Waals surface area contributed by atoms with E-state index in [-0.39, 0.29) is 24.0 Å². The zero-order valence-corrected chi connectivity index (χ0v) is 20.3. The van der Waals surface area contributed by atoms with Gasteiger partial charge in [0.2, 0.25) is 11.9 Å². The Morgan fingerprint density at radius 2 is 1.88 bits per heavy atom. The number of fused-ring (bicyclic) bond motifs is 1. The molecule has 2 aromatic heterocycles. The summed E-state index contributed by atoms with van der Waals surface area (Å²) in [6.45, 7) is 6.42. The van der Waals surface area contributed by atoms with Crippen LogP contribution in [0.2, 0.25) is 0 Å². The Morgan fingerprint density at radius 1 is 1.16 bits per heavy atom. The number of rotatable bonds is 7. The highest BCUT2D eigenvalue weighted by atomic mass is 79.9. The summed E-state index contributed by atoms with van der Waals surface area (Å²) < 4.78 is 3.10. The number of anilines is 2. The summed E-state index contributed by atoms with van der Waals surface area (Å²) in [5.41, 5.74) is 2.70. The molecule has 1 aliphatic carbocycles. The molecule has 32 heavy (non-hydrogen) atoms. The molecule has 2 atom stereocenters. The second-order valence-electron chi connectivity index (χ2n) is 8.64. The molecule has 2 heterocycles. The first-order valence-corrected chi connectivity index (χ1v) is 12.0. The highest BCUT2D eigenvalue weighted by Gasteiger charge is 2.27. The maximum Gasteiger partial charge on any atom is 0.227 e. The van der Waals surface area contributed by atoms with Crippen molar-refractivity contribution in [2.45, 2.75) is 71.1 Å². The minimum absolute atomic E-state index is 0.00481. The van der Waals surface area contributed by atoms with Crippen LogP contribution in [0.4, 0.5) is 11.8 Å². The van der Waals surface area contributed by atoms with Crippen molar-refractivity contribution in [3.05, 3.63) is 40.6 Å². The Kier molecular flexibility index (Phi) is 6.93. The standard InChI is InChI=1S/C23H30BrN7O/c1-14(2)31-13-26-20-21(25-12-16-8-10-17(24)11-9-16)29-23(30-22(20)31)28-19-7-5-4-6-18(19)27-15(3)32/h8-11,13-14,18-19H,4-7,12H2,1-3H3,(H,27,32)(H2,25,28,29,30)/t18-,19-/m0/s1. The van der Waals surface area contributed by atoms with Gasteiger partial charge < -0.3 is 20.5 Å². The fourth-order valence-corrected chi connectivity index (χ4v) is 4.44. The van der Waals surface area contributed by atoms with Crippen LogP contribution in [0.15, 0.2) is 35.1 Å². The summed E-state index contributed by atoms with van der Waals surface area (Å²) in [5, 5.41) is 10.0. The van der Waals surface area contributed by atoms with Gasteiger partial charge in [-0.15, -0.1) is 0 Å². The fraction of sp³-hybridized carbons (Fsp3) is 0.478. The number of benzene rings is 1. The molecule has 0 unspecified atom stereocenters. The zero-order chi connectivity index (χ0) is 22.7. The number of carbonyl (C=O) groups excluding carboxylic acids is 1. The molecule has 0 bridgehead atoms. The van der Waals surface area contributed by atoms with Crippen molar-refractivity contribution in [2.24, 2.45) is 0 Å². The molecule has 0 radical (unpaired) electrons. The van der Waals surface area contributed by atoms with Gasteiger partial charge in [0, 0.05) is 36.1 Å². The van der Waals surface area contributed by atoms with Crippen LogP contribution >= 0.6 is 15.9 Å². The van der Waals surface area contributed by atoms with Gasteiger partial charge >= 0.3 is 0 Å². The van der Waals surface area contributed by atoms with Crippen molar-refractivity contribution in [2.75, 3.05) is 10.6 Å².